The first-order chi connectivity index (χ1) is 16.7. The van der Waals surface area contributed by atoms with Crippen molar-refractivity contribution in [3.05, 3.63) is 96.3 Å². The topological polar surface area (TPSA) is 71.8 Å². The van der Waals surface area contributed by atoms with Gasteiger partial charge in [-0.2, -0.15) is 0 Å². The van der Waals surface area contributed by atoms with Crippen molar-refractivity contribution in [1.82, 2.24) is 10.2 Å². The number of carbonyl (C=O) groups excluding carboxylic acids is 2. The van der Waals surface area contributed by atoms with E-state index in [2.05, 4.69) is 5.32 Å². The first-order valence-electron chi connectivity index (χ1n) is 11.6. The molecule has 1 aliphatic heterocycles. The first-order valence-corrected chi connectivity index (χ1v) is 11.6. The number of furan rings is 1. The van der Waals surface area contributed by atoms with E-state index >= 15 is 0 Å². The summed E-state index contributed by atoms with van der Waals surface area (Å²) in [5, 5.41) is 3.98. The quantitative estimate of drug-likeness (QED) is 0.417. The van der Waals surface area contributed by atoms with Crippen molar-refractivity contribution in [1.29, 1.82) is 0 Å². The van der Waals surface area contributed by atoms with Crippen molar-refractivity contribution >= 4 is 22.8 Å². The van der Waals surface area contributed by atoms with Gasteiger partial charge >= 0.3 is 0 Å². The van der Waals surface area contributed by atoms with Gasteiger partial charge < -0.3 is 19.4 Å². The molecule has 1 fully saturated rings. The van der Waals surface area contributed by atoms with Crippen LogP contribution in [0, 0.1) is 5.92 Å². The number of ether oxygens (including phenoxy) is 1. The Labute approximate surface area is 198 Å². The standard InChI is InChI=1S/C28H26N2O4/c31-27(23-11-5-7-13-25(23)33-22-9-2-1-3-10-22)29-19-20-14-16-30(17-15-20)28(32)26-18-21-8-4-6-12-24(21)34-26/h1-13,18,20H,14-17,19H2,(H,29,31). The van der Waals surface area contributed by atoms with E-state index in [1.807, 2.05) is 71.6 Å². The van der Waals surface area contributed by atoms with Crippen molar-refractivity contribution in [2.45, 2.75) is 12.8 Å². The van der Waals surface area contributed by atoms with Crippen LogP contribution in [-0.2, 0) is 0 Å². The average Bonchev–Trinajstić information content (AvgIpc) is 3.32. The average molecular weight is 455 g/mol. The van der Waals surface area contributed by atoms with E-state index in [0.717, 1.165) is 23.8 Å². The van der Waals surface area contributed by atoms with Gasteiger partial charge in [0.25, 0.3) is 11.8 Å². The van der Waals surface area contributed by atoms with E-state index in [4.69, 9.17) is 9.15 Å². The molecule has 1 saturated heterocycles. The minimum Gasteiger partial charge on any atom is -0.457 e. The van der Waals surface area contributed by atoms with Gasteiger partial charge in [-0.3, -0.25) is 9.59 Å². The number of carbonyl (C=O) groups is 2. The van der Waals surface area contributed by atoms with Gasteiger partial charge in [0.1, 0.15) is 17.1 Å². The lowest BCUT2D eigenvalue weighted by molar-refractivity contribution is 0.0655. The van der Waals surface area contributed by atoms with E-state index in [9.17, 15) is 9.59 Å². The number of nitrogens with one attached hydrogen (secondary N) is 1. The van der Waals surface area contributed by atoms with Gasteiger partial charge in [-0.05, 0) is 55.2 Å². The van der Waals surface area contributed by atoms with Crippen molar-refractivity contribution in [3.8, 4) is 11.5 Å². The largest absolute Gasteiger partial charge is 0.457 e. The molecule has 2 heterocycles. The van der Waals surface area contributed by atoms with Gasteiger partial charge in [0.05, 0.1) is 5.56 Å². The summed E-state index contributed by atoms with van der Waals surface area (Å²) in [4.78, 5) is 27.6. The number of nitrogens with zero attached hydrogens (tertiary/aromatic N) is 1. The van der Waals surface area contributed by atoms with Crippen molar-refractivity contribution in [2.75, 3.05) is 19.6 Å². The van der Waals surface area contributed by atoms with Crippen LogP contribution >= 0.6 is 0 Å². The van der Waals surface area contributed by atoms with Crippen molar-refractivity contribution < 1.29 is 18.7 Å². The predicted octanol–water partition coefficient (Wildman–Crippen LogP) is 5.51. The molecule has 1 aromatic heterocycles. The second-order valence-corrected chi connectivity index (χ2v) is 8.51. The van der Waals surface area contributed by atoms with Crippen LogP contribution in [0.5, 0.6) is 11.5 Å². The Bertz CT molecular complexity index is 1260. The van der Waals surface area contributed by atoms with Crippen LogP contribution in [-0.4, -0.2) is 36.3 Å². The Kier molecular flexibility index (Phi) is 6.29. The number of hydrogen-bond acceptors (Lipinski definition) is 4. The van der Waals surface area contributed by atoms with Gasteiger partial charge in [0.15, 0.2) is 5.76 Å². The third-order valence-corrected chi connectivity index (χ3v) is 6.19. The Morgan fingerprint density at radius 3 is 2.41 bits per heavy atom. The zero-order valence-electron chi connectivity index (χ0n) is 18.8. The fourth-order valence-electron chi connectivity index (χ4n) is 4.27. The summed E-state index contributed by atoms with van der Waals surface area (Å²) < 4.78 is 11.6. The van der Waals surface area contributed by atoms with Gasteiger partial charge in [0.2, 0.25) is 0 Å². The molecule has 2 amide bonds. The van der Waals surface area contributed by atoms with Crippen molar-refractivity contribution in [2.24, 2.45) is 5.92 Å². The van der Waals surface area contributed by atoms with Crippen LogP contribution in [0.1, 0.15) is 33.8 Å². The second kappa shape index (κ2) is 9.83. The number of hydrogen-bond donors (Lipinski definition) is 1. The van der Waals surface area contributed by atoms with E-state index in [0.29, 0.717) is 48.4 Å². The minimum atomic E-state index is -0.160. The summed E-state index contributed by atoms with van der Waals surface area (Å²) in [6, 6.07) is 26.1. The normalized spacial score (nSPS) is 14.2. The molecule has 0 radical (unpaired) electrons. The van der Waals surface area contributed by atoms with Gasteiger partial charge in [0, 0.05) is 25.0 Å². The van der Waals surface area contributed by atoms with Crippen LogP contribution in [0.2, 0.25) is 0 Å². The lowest BCUT2D eigenvalue weighted by Crippen LogP contribution is -2.41. The molecule has 6 heteroatoms. The van der Waals surface area contributed by atoms with E-state index in [1.54, 1.807) is 18.2 Å². The number of piperidine rings is 1. The van der Waals surface area contributed by atoms with Crippen LogP contribution in [0.4, 0.5) is 0 Å². The molecule has 6 nitrogen and oxygen atoms in total. The maximum Gasteiger partial charge on any atom is 0.289 e. The number of amides is 2. The molecule has 0 bridgehead atoms. The zero-order valence-corrected chi connectivity index (χ0v) is 18.8. The summed E-state index contributed by atoms with van der Waals surface area (Å²) in [6.07, 6.45) is 1.66. The minimum absolute atomic E-state index is 0.0781. The third-order valence-electron chi connectivity index (χ3n) is 6.19. The molecule has 0 unspecified atom stereocenters. The van der Waals surface area contributed by atoms with Crippen LogP contribution in [0.15, 0.2) is 89.3 Å². The maximum atomic E-state index is 12.9. The van der Waals surface area contributed by atoms with E-state index < -0.39 is 0 Å². The molecule has 172 valence electrons. The number of likely N-dealkylation sites (tertiary alicyclic amines) is 1. The van der Waals surface area contributed by atoms with Gasteiger partial charge in [-0.25, -0.2) is 0 Å². The second-order valence-electron chi connectivity index (χ2n) is 8.51. The summed E-state index contributed by atoms with van der Waals surface area (Å²) in [5.74, 6) is 1.66. The van der Waals surface area contributed by atoms with E-state index in [1.165, 1.54) is 0 Å². The summed E-state index contributed by atoms with van der Waals surface area (Å²) in [6.45, 7) is 1.85. The highest BCUT2D eigenvalue weighted by atomic mass is 16.5. The Balaban J connectivity index is 1.15. The number of benzene rings is 3. The van der Waals surface area contributed by atoms with Crippen LogP contribution in [0.25, 0.3) is 11.0 Å². The molecule has 3 aromatic carbocycles. The predicted molar refractivity (Wildman–Crippen MR) is 130 cm³/mol. The fraction of sp³-hybridized carbons (Fsp3) is 0.214. The Morgan fingerprint density at radius 1 is 0.912 bits per heavy atom. The molecule has 4 aromatic rings. The highest BCUT2D eigenvalue weighted by Crippen LogP contribution is 2.26. The third kappa shape index (κ3) is 4.81. The monoisotopic (exact) mass is 454 g/mol. The molecule has 0 saturated carbocycles. The summed E-state index contributed by atoms with van der Waals surface area (Å²) >= 11 is 0. The number of fused-ring (bicyclic) bond motifs is 1. The molecule has 1 N–H and O–H groups in total. The van der Waals surface area contributed by atoms with Crippen molar-refractivity contribution in [3.63, 3.8) is 0 Å². The smallest absolute Gasteiger partial charge is 0.289 e. The van der Waals surface area contributed by atoms with E-state index in [-0.39, 0.29) is 11.8 Å². The lowest BCUT2D eigenvalue weighted by atomic mass is 9.96. The molecular weight excluding hydrogens is 428 g/mol. The number of para-hydroxylation sites is 3. The SMILES string of the molecule is O=C(NCC1CCN(C(=O)c2cc3ccccc3o2)CC1)c1ccccc1Oc1ccccc1. The number of rotatable bonds is 6. The zero-order chi connectivity index (χ0) is 23.3. The molecule has 0 aliphatic carbocycles. The van der Waals surface area contributed by atoms with Gasteiger partial charge in [-0.15, -0.1) is 0 Å². The Morgan fingerprint density at radius 2 is 1.62 bits per heavy atom. The molecule has 0 atom stereocenters. The molecule has 1 aliphatic rings. The molecule has 5 rings (SSSR count). The highest BCUT2D eigenvalue weighted by Gasteiger charge is 2.26. The fourth-order valence-corrected chi connectivity index (χ4v) is 4.27. The summed E-state index contributed by atoms with van der Waals surface area (Å²) in [5.41, 5.74) is 1.23. The molecule has 0 spiro atoms. The highest BCUT2D eigenvalue weighted by molar-refractivity contribution is 5.97. The maximum absolute atomic E-state index is 12.9. The summed E-state index contributed by atoms with van der Waals surface area (Å²) in [7, 11) is 0. The van der Waals surface area contributed by atoms with Gasteiger partial charge in [-0.1, -0.05) is 48.5 Å². The molecule has 34 heavy (non-hydrogen) atoms. The van der Waals surface area contributed by atoms with Crippen LogP contribution in [0.3, 0.4) is 0 Å². The molecular formula is C28H26N2O4. The lowest BCUT2D eigenvalue weighted by Gasteiger charge is -2.31. The van der Waals surface area contributed by atoms with Crippen LogP contribution < -0.4 is 10.1 Å². The first kappa shape index (κ1) is 21.8. The Hall–Kier alpha value is -4.06.